The number of hydrogen-bond acceptors (Lipinski definition) is 5. The number of halogens is 2. The first kappa shape index (κ1) is 19.6. The number of pyridine rings is 1. The maximum absolute atomic E-state index is 13.7. The Hall–Kier alpha value is -2.15. The van der Waals surface area contributed by atoms with Crippen LogP contribution in [0.5, 0.6) is 0 Å². The number of ether oxygens (including phenoxy) is 1. The highest BCUT2D eigenvalue weighted by Gasteiger charge is 2.43. The van der Waals surface area contributed by atoms with Gasteiger partial charge in [-0.15, -0.1) is 0 Å². The summed E-state index contributed by atoms with van der Waals surface area (Å²) < 4.78 is 32.3. The Labute approximate surface area is 156 Å². The number of aromatic nitrogens is 1. The van der Waals surface area contributed by atoms with Gasteiger partial charge in [0.05, 0.1) is 5.69 Å². The lowest BCUT2D eigenvalue weighted by atomic mass is 9.82. The number of nitrogens with zero attached hydrogens (tertiary/aromatic N) is 1. The number of allylic oxidation sites excluding steroid dienone is 2. The molecule has 2 aliphatic rings. The van der Waals surface area contributed by atoms with E-state index in [0.717, 1.165) is 13.0 Å². The minimum atomic E-state index is -3.14. The van der Waals surface area contributed by atoms with Crippen molar-refractivity contribution in [1.29, 1.82) is 0 Å². The molecule has 3 rings (SSSR count). The fourth-order valence-electron chi connectivity index (χ4n) is 3.89. The van der Waals surface area contributed by atoms with Crippen LogP contribution in [-0.2, 0) is 21.9 Å². The molecule has 0 aromatic carbocycles. The zero-order valence-corrected chi connectivity index (χ0v) is 15.4. The number of ketones is 2. The van der Waals surface area contributed by atoms with Gasteiger partial charge in [-0.1, -0.05) is 0 Å². The second-order valence-corrected chi connectivity index (χ2v) is 7.34. The van der Waals surface area contributed by atoms with E-state index in [-0.39, 0.29) is 46.6 Å². The van der Waals surface area contributed by atoms with Gasteiger partial charge in [0.15, 0.2) is 5.78 Å². The maximum Gasteiger partial charge on any atom is 0.286 e. The van der Waals surface area contributed by atoms with Crippen molar-refractivity contribution >= 4 is 11.6 Å². The van der Waals surface area contributed by atoms with Gasteiger partial charge in [-0.2, -0.15) is 8.78 Å². The fraction of sp³-hybridized carbons (Fsp3) is 0.550. The summed E-state index contributed by atoms with van der Waals surface area (Å²) in [7, 11) is 1.52. The molecule has 146 valence electrons. The molecule has 2 aliphatic carbocycles. The van der Waals surface area contributed by atoms with Crippen LogP contribution in [0.3, 0.4) is 0 Å². The number of aliphatic hydroxyl groups excluding tert-OH is 1. The van der Waals surface area contributed by atoms with E-state index in [1.807, 2.05) is 0 Å². The number of aliphatic hydroxyl groups is 1. The Balaban J connectivity index is 2.00. The third kappa shape index (κ3) is 3.78. The summed E-state index contributed by atoms with van der Waals surface area (Å²) in [4.78, 5) is 29.7. The predicted octanol–water partition coefficient (Wildman–Crippen LogP) is 3.77. The standard InChI is InChI=1S/C20H23F2NO4/c1-20(21,22)15-8-7-13(14(23-15)4-3-9-27-2)19(26)16-17(24)11-5-6-12(10-11)18(16)25/h7-8,11-12,24H,3-6,9-10H2,1-2H3. The van der Waals surface area contributed by atoms with Crippen LogP contribution in [0.2, 0.25) is 0 Å². The zero-order valence-electron chi connectivity index (χ0n) is 15.4. The van der Waals surface area contributed by atoms with Crippen molar-refractivity contribution in [2.45, 2.75) is 45.0 Å². The first-order chi connectivity index (χ1) is 12.7. The van der Waals surface area contributed by atoms with Gasteiger partial charge in [0.25, 0.3) is 5.92 Å². The van der Waals surface area contributed by atoms with Crippen molar-refractivity contribution < 1.29 is 28.2 Å². The third-order valence-electron chi connectivity index (χ3n) is 5.35. The molecule has 2 unspecified atom stereocenters. The van der Waals surface area contributed by atoms with Crippen LogP contribution in [0.4, 0.5) is 8.78 Å². The van der Waals surface area contributed by atoms with E-state index in [9.17, 15) is 23.5 Å². The highest BCUT2D eigenvalue weighted by Crippen LogP contribution is 2.43. The topological polar surface area (TPSA) is 76.5 Å². The monoisotopic (exact) mass is 379 g/mol. The first-order valence-electron chi connectivity index (χ1n) is 9.13. The number of Topliss-reactive ketones (excluding diaryl/α,β-unsaturated/α-hetero) is 2. The molecular formula is C20H23F2NO4. The molecule has 1 aromatic heterocycles. The molecule has 0 saturated heterocycles. The van der Waals surface area contributed by atoms with E-state index < -0.39 is 17.4 Å². The number of fused-ring (bicyclic) bond motifs is 2. The van der Waals surface area contributed by atoms with Gasteiger partial charge in [0, 0.05) is 38.0 Å². The van der Waals surface area contributed by atoms with E-state index in [2.05, 4.69) is 4.98 Å². The molecule has 5 nitrogen and oxygen atoms in total. The number of carbonyl (C=O) groups excluding carboxylic acids is 2. The second-order valence-electron chi connectivity index (χ2n) is 7.34. The van der Waals surface area contributed by atoms with Gasteiger partial charge in [0.1, 0.15) is 17.0 Å². The normalized spacial score (nSPS) is 22.4. The zero-order chi connectivity index (χ0) is 19.8. The quantitative estimate of drug-likeness (QED) is 0.443. The average molecular weight is 379 g/mol. The molecule has 1 fully saturated rings. The largest absolute Gasteiger partial charge is 0.511 e. The van der Waals surface area contributed by atoms with Gasteiger partial charge in [0.2, 0.25) is 5.78 Å². The lowest BCUT2D eigenvalue weighted by Crippen LogP contribution is -2.28. The lowest BCUT2D eigenvalue weighted by Gasteiger charge is -2.21. The van der Waals surface area contributed by atoms with E-state index in [4.69, 9.17) is 4.74 Å². The van der Waals surface area contributed by atoms with Crippen LogP contribution in [0.1, 0.15) is 54.4 Å². The summed E-state index contributed by atoms with van der Waals surface area (Å²) in [5, 5.41) is 10.4. The van der Waals surface area contributed by atoms with E-state index in [0.29, 0.717) is 32.3 Å². The van der Waals surface area contributed by atoms with Crippen molar-refractivity contribution in [2.75, 3.05) is 13.7 Å². The molecule has 0 radical (unpaired) electrons. The Kier molecular flexibility index (Phi) is 5.42. The van der Waals surface area contributed by atoms with E-state index in [1.165, 1.54) is 13.2 Å². The number of rotatable bonds is 7. The van der Waals surface area contributed by atoms with Gasteiger partial charge >= 0.3 is 0 Å². The minimum absolute atomic E-state index is 0.0929. The molecule has 0 amide bonds. The third-order valence-corrected chi connectivity index (χ3v) is 5.35. The van der Waals surface area contributed by atoms with Crippen LogP contribution in [-0.4, -0.2) is 35.4 Å². The van der Waals surface area contributed by atoms with Crippen LogP contribution in [0, 0.1) is 11.8 Å². The van der Waals surface area contributed by atoms with Crippen molar-refractivity contribution in [3.05, 3.63) is 40.4 Å². The number of aryl methyl sites for hydroxylation is 1. The van der Waals surface area contributed by atoms with Crippen LogP contribution in [0.25, 0.3) is 0 Å². The molecule has 7 heteroatoms. The van der Waals surface area contributed by atoms with Crippen molar-refractivity contribution in [3.63, 3.8) is 0 Å². The number of carbonyl (C=O) groups is 2. The van der Waals surface area contributed by atoms with E-state index in [1.54, 1.807) is 0 Å². The smallest absolute Gasteiger partial charge is 0.286 e. The predicted molar refractivity (Wildman–Crippen MR) is 93.8 cm³/mol. The summed E-state index contributed by atoms with van der Waals surface area (Å²) in [6.45, 7) is 1.13. The maximum atomic E-state index is 13.7. The number of hydrogen-bond donors (Lipinski definition) is 1. The van der Waals surface area contributed by atoms with Gasteiger partial charge < -0.3 is 9.84 Å². The van der Waals surface area contributed by atoms with Gasteiger partial charge in [-0.05, 0) is 44.2 Å². The highest BCUT2D eigenvalue weighted by molar-refractivity contribution is 6.28. The van der Waals surface area contributed by atoms with Crippen LogP contribution >= 0.6 is 0 Å². The molecule has 2 bridgehead atoms. The van der Waals surface area contributed by atoms with Gasteiger partial charge in [-0.25, -0.2) is 0 Å². The molecular weight excluding hydrogens is 356 g/mol. The Morgan fingerprint density at radius 3 is 2.70 bits per heavy atom. The van der Waals surface area contributed by atoms with Crippen molar-refractivity contribution in [3.8, 4) is 0 Å². The molecule has 0 spiro atoms. The summed E-state index contributed by atoms with van der Waals surface area (Å²) in [5.41, 5.74) is -0.336. The highest BCUT2D eigenvalue weighted by atomic mass is 19.3. The summed E-state index contributed by atoms with van der Waals surface area (Å²) in [5.74, 6) is -4.69. The SMILES string of the molecule is COCCCc1nc(C(C)(F)F)ccc1C(=O)C1=C(O)C2CCC(C2)C1=O. The number of alkyl halides is 2. The average Bonchev–Trinajstić information content (AvgIpc) is 3.07. The molecule has 2 atom stereocenters. The van der Waals surface area contributed by atoms with Crippen LogP contribution in [0.15, 0.2) is 23.5 Å². The molecule has 1 N–H and O–H groups in total. The lowest BCUT2D eigenvalue weighted by molar-refractivity contribution is -0.119. The Morgan fingerprint density at radius 2 is 2.04 bits per heavy atom. The minimum Gasteiger partial charge on any atom is -0.511 e. The van der Waals surface area contributed by atoms with Crippen molar-refractivity contribution in [2.24, 2.45) is 11.8 Å². The van der Waals surface area contributed by atoms with E-state index >= 15 is 0 Å². The molecule has 0 aliphatic heterocycles. The Morgan fingerprint density at radius 1 is 1.33 bits per heavy atom. The fourth-order valence-corrected chi connectivity index (χ4v) is 3.89. The molecule has 1 saturated carbocycles. The van der Waals surface area contributed by atoms with Crippen LogP contribution < -0.4 is 0 Å². The molecule has 1 heterocycles. The second kappa shape index (κ2) is 7.46. The summed E-state index contributed by atoms with van der Waals surface area (Å²) >= 11 is 0. The molecule has 1 aromatic rings. The molecule has 27 heavy (non-hydrogen) atoms. The Bertz CT molecular complexity index is 798. The first-order valence-corrected chi connectivity index (χ1v) is 9.13. The summed E-state index contributed by atoms with van der Waals surface area (Å²) in [6, 6.07) is 2.39. The summed E-state index contributed by atoms with van der Waals surface area (Å²) in [6.07, 6.45) is 2.66. The van der Waals surface area contributed by atoms with Gasteiger partial charge in [-0.3, -0.25) is 14.6 Å². The number of methoxy groups -OCH3 is 1. The van der Waals surface area contributed by atoms with Crippen molar-refractivity contribution in [1.82, 2.24) is 4.98 Å².